The molecule has 0 bridgehead atoms. The van der Waals surface area contributed by atoms with Crippen molar-refractivity contribution in [2.75, 3.05) is 20.2 Å². The van der Waals surface area contributed by atoms with E-state index in [2.05, 4.69) is 28.1 Å². The van der Waals surface area contributed by atoms with Gasteiger partial charge in [0.05, 0.1) is 13.2 Å². The van der Waals surface area contributed by atoms with Crippen LogP contribution < -0.4 is 4.74 Å². The first-order chi connectivity index (χ1) is 10.8. The monoisotopic (exact) mass is 296 g/mol. The van der Waals surface area contributed by atoms with Crippen LogP contribution in [0.25, 0.3) is 10.9 Å². The van der Waals surface area contributed by atoms with Crippen molar-refractivity contribution in [2.45, 2.75) is 38.1 Å². The number of benzene rings is 1. The molecule has 2 fully saturated rings. The van der Waals surface area contributed by atoms with Crippen molar-refractivity contribution in [1.82, 2.24) is 9.88 Å². The Morgan fingerprint density at radius 3 is 3.05 bits per heavy atom. The first-order valence-corrected chi connectivity index (χ1v) is 8.77. The van der Waals surface area contributed by atoms with Crippen molar-refractivity contribution in [2.24, 2.45) is 11.8 Å². The predicted molar refractivity (Wildman–Crippen MR) is 88.3 cm³/mol. The fourth-order valence-electron chi connectivity index (χ4n) is 5.34. The Balaban J connectivity index is 1.64. The second-order valence-electron chi connectivity index (χ2n) is 7.33. The van der Waals surface area contributed by atoms with E-state index in [1.807, 2.05) is 0 Å². The van der Waals surface area contributed by atoms with Crippen molar-refractivity contribution in [1.29, 1.82) is 0 Å². The highest BCUT2D eigenvalue weighted by atomic mass is 16.5. The molecule has 3 heterocycles. The third-order valence-corrected chi connectivity index (χ3v) is 6.33. The van der Waals surface area contributed by atoms with E-state index < -0.39 is 0 Å². The Morgan fingerprint density at radius 2 is 2.14 bits per heavy atom. The average molecular weight is 296 g/mol. The summed E-state index contributed by atoms with van der Waals surface area (Å²) in [5.74, 6) is 2.78. The summed E-state index contributed by atoms with van der Waals surface area (Å²) in [5.41, 5.74) is 4.36. The molecule has 2 aliphatic heterocycles. The fourth-order valence-corrected chi connectivity index (χ4v) is 5.34. The average Bonchev–Trinajstić information content (AvgIpc) is 3.11. The molecule has 0 amide bonds. The number of methoxy groups -OCH3 is 1. The predicted octanol–water partition coefficient (Wildman–Crippen LogP) is 3.90. The van der Waals surface area contributed by atoms with Gasteiger partial charge in [-0.2, -0.15) is 0 Å². The van der Waals surface area contributed by atoms with Crippen LogP contribution in [0.3, 0.4) is 0 Å². The number of H-pyrrole nitrogens is 1. The first-order valence-electron chi connectivity index (χ1n) is 8.77. The molecular formula is C19H24N2O. The van der Waals surface area contributed by atoms with Gasteiger partial charge in [0, 0.05) is 29.7 Å². The minimum absolute atomic E-state index is 0.646. The van der Waals surface area contributed by atoms with Gasteiger partial charge in [0.15, 0.2) is 0 Å². The first kappa shape index (κ1) is 13.0. The lowest BCUT2D eigenvalue weighted by atomic mass is 9.77. The molecule has 1 saturated heterocycles. The Labute approximate surface area is 131 Å². The van der Waals surface area contributed by atoms with Gasteiger partial charge in [0.25, 0.3) is 0 Å². The Hall–Kier alpha value is -1.48. The number of fused-ring (bicyclic) bond motifs is 7. The Kier molecular flexibility index (Phi) is 2.81. The molecule has 3 atom stereocenters. The molecule has 1 N–H and O–H groups in total. The van der Waals surface area contributed by atoms with E-state index in [-0.39, 0.29) is 0 Å². The molecule has 1 aliphatic carbocycles. The maximum absolute atomic E-state index is 5.43. The van der Waals surface area contributed by atoms with Gasteiger partial charge >= 0.3 is 0 Å². The van der Waals surface area contributed by atoms with Gasteiger partial charge in [0.1, 0.15) is 5.75 Å². The van der Waals surface area contributed by atoms with Crippen LogP contribution in [0.5, 0.6) is 5.75 Å². The molecule has 1 saturated carbocycles. The summed E-state index contributed by atoms with van der Waals surface area (Å²) in [6.45, 7) is 2.56. The van der Waals surface area contributed by atoms with Crippen LogP contribution in [0.15, 0.2) is 18.2 Å². The van der Waals surface area contributed by atoms with Crippen LogP contribution in [0.2, 0.25) is 0 Å². The van der Waals surface area contributed by atoms with Gasteiger partial charge in [-0.05, 0) is 54.9 Å². The van der Waals surface area contributed by atoms with Crippen molar-refractivity contribution in [3.05, 3.63) is 29.5 Å². The minimum Gasteiger partial charge on any atom is -0.497 e. The zero-order valence-electron chi connectivity index (χ0n) is 13.3. The lowest BCUT2D eigenvalue weighted by Gasteiger charge is -2.34. The number of nitrogens with zero attached hydrogens (tertiary/aromatic N) is 1. The van der Waals surface area contributed by atoms with Gasteiger partial charge in [-0.3, -0.25) is 4.90 Å². The lowest BCUT2D eigenvalue weighted by molar-refractivity contribution is 0.198. The quantitative estimate of drug-likeness (QED) is 0.864. The maximum Gasteiger partial charge on any atom is 0.119 e. The van der Waals surface area contributed by atoms with Gasteiger partial charge in [-0.25, -0.2) is 0 Å². The van der Waals surface area contributed by atoms with Crippen molar-refractivity contribution < 1.29 is 4.74 Å². The summed E-state index contributed by atoms with van der Waals surface area (Å²) in [5, 5.41) is 1.38. The molecule has 3 nitrogen and oxygen atoms in total. The molecule has 2 aromatic rings. The number of aromatic nitrogens is 1. The Morgan fingerprint density at radius 1 is 1.23 bits per heavy atom. The summed E-state index contributed by atoms with van der Waals surface area (Å²) >= 11 is 0. The smallest absolute Gasteiger partial charge is 0.119 e. The summed E-state index contributed by atoms with van der Waals surface area (Å²) in [6.07, 6.45) is 6.91. The second-order valence-corrected chi connectivity index (χ2v) is 7.33. The molecular weight excluding hydrogens is 272 g/mol. The highest BCUT2D eigenvalue weighted by Gasteiger charge is 2.46. The lowest BCUT2D eigenvalue weighted by Crippen LogP contribution is -2.32. The van der Waals surface area contributed by atoms with Crippen LogP contribution in [-0.2, 0) is 6.42 Å². The number of nitrogens with one attached hydrogen (secondary N) is 1. The molecule has 116 valence electrons. The Bertz CT molecular complexity index is 720. The van der Waals surface area contributed by atoms with Crippen molar-refractivity contribution >= 4 is 10.9 Å². The van der Waals surface area contributed by atoms with Crippen LogP contribution in [-0.4, -0.2) is 30.1 Å². The van der Waals surface area contributed by atoms with Crippen LogP contribution in [0.1, 0.15) is 43.0 Å². The second kappa shape index (κ2) is 4.76. The highest BCUT2D eigenvalue weighted by Crippen LogP contribution is 2.51. The maximum atomic E-state index is 5.43. The molecule has 0 radical (unpaired) electrons. The summed E-state index contributed by atoms with van der Waals surface area (Å²) in [4.78, 5) is 6.53. The number of aromatic amines is 1. The standard InChI is InChI=1S/C19H24N2O/c1-22-13-6-7-17-16(10-13)15-8-9-21-11-12-4-2-3-5-14(12)19(21)18(15)20-17/h6-7,10,12,14,19-20H,2-5,8-9,11H2,1H3. The van der Waals surface area contributed by atoms with E-state index in [0.29, 0.717) is 6.04 Å². The molecule has 22 heavy (non-hydrogen) atoms. The molecule has 0 spiro atoms. The molecule has 5 rings (SSSR count). The number of ether oxygens (including phenoxy) is 1. The third kappa shape index (κ3) is 1.72. The van der Waals surface area contributed by atoms with E-state index in [1.54, 1.807) is 12.7 Å². The van der Waals surface area contributed by atoms with Gasteiger partial charge in [-0.15, -0.1) is 0 Å². The molecule has 1 aromatic carbocycles. The van der Waals surface area contributed by atoms with E-state index >= 15 is 0 Å². The number of hydrogen-bond acceptors (Lipinski definition) is 2. The van der Waals surface area contributed by atoms with Crippen LogP contribution >= 0.6 is 0 Å². The highest BCUT2D eigenvalue weighted by molar-refractivity contribution is 5.86. The van der Waals surface area contributed by atoms with Gasteiger partial charge in [0.2, 0.25) is 0 Å². The molecule has 3 unspecified atom stereocenters. The number of hydrogen-bond donors (Lipinski definition) is 1. The van der Waals surface area contributed by atoms with Crippen LogP contribution in [0.4, 0.5) is 0 Å². The number of rotatable bonds is 1. The minimum atomic E-state index is 0.646. The largest absolute Gasteiger partial charge is 0.497 e. The van der Waals surface area contributed by atoms with E-state index in [0.717, 1.165) is 17.6 Å². The van der Waals surface area contributed by atoms with E-state index in [1.165, 1.54) is 61.8 Å². The molecule has 3 aliphatic rings. The third-order valence-electron chi connectivity index (χ3n) is 6.33. The van der Waals surface area contributed by atoms with E-state index in [4.69, 9.17) is 4.74 Å². The summed E-state index contributed by atoms with van der Waals surface area (Å²) in [6, 6.07) is 7.12. The molecule has 1 aromatic heterocycles. The topological polar surface area (TPSA) is 28.3 Å². The SMILES string of the molecule is COc1ccc2[nH]c3c(c2c1)CCN1CC2CCCCC2C31. The molecule has 3 heteroatoms. The van der Waals surface area contributed by atoms with Gasteiger partial charge < -0.3 is 9.72 Å². The van der Waals surface area contributed by atoms with Crippen molar-refractivity contribution in [3.8, 4) is 5.75 Å². The van der Waals surface area contributed by atoms with Gasteiger partial charge in [-0.1, -0.05) is 12.8 Å². The normalized spacial score (nSPS) is 30.9. The zero-order chi connectivity index (χ0) is 14.7. The summed E-state index contributed by atoms with van der Waals surface area (Å²) < 4.78 is 5.43. The zero-order valence-corrected chi connectivity index (χ0v) is 13.3. The van der Waals surface area contributed by atoms with Crippen molar-refractivity contribution in [3.63, 3.8) is 0 Å². The summed E-state index contributed by atoms with van der Waals surface area (Å²) in [7, 11) is 1.76. The van der Waals surface area contributed by atoms with Crippen LogP contribution in [0, 0.1) is 11.8 Å². The fraction of sp³-hybridized carbons (Fsp3) is 0.579. The van der Waals surface area contributed by atoms with E-state index in [9.17, 15) is 0 Å².